The number of rotatable bonds is 12. The van der Waals surface area contributed by atoms with E-state index in [-0.39, 0.29) is 24.0 Å². The molecule has 0 aliphatic rings. The summed E-state index contributed by atoms with van der Waals surface area (Å²) in [6.45, 7) is 9.17. The molecular formula is C24H37IN4O3. The zero-order chi connectivity index (χ0) is 22.5. The van der Waals surface area contributed by atoms with Crippen LogP contribution >= 0.6 is 24.0 Å². The average molecular weight is 556 g/mol. The van der Waals surface area contributed by atoms with Gasteiger partial charge in [0.1, 0.15) is 12.4 Å². The largest absolute Gasteiger partial charge is 0.497 e. The molecule has 0 unspecified atom stereocenters. The van der Waals surface area contributed by atoms with Crippen LogP contribution in [0.4, 0.5) is 0 Å². The highest BCUT2D eigenvalue weighted by Gasteiger charge is 2.08. The molecule has 178 valence electrons. The van der Waals surface area contributed by atoms with Crippen molar-refractivity contribution in [3.8, 4) is 17.2 Å². The molecular weight excluding hydrogens is 519 g/mol. The number of ether oxygens (including phenoxy) is 3. The standard InChI is InChI=1S/C24H36N4O3.HI/c1-6-28(7-2)13-14-31-22-12-11-20(16-23(22)30-5)18-27-24(25-3)26-17-19-9-8-10-21(15-19)29-4;/h8-12,15-16H,6-7,13-14,17-18H2,1-5H3,(H2,25,26,27);1H. The summed E-state index contributed by atoms with van der Waals surface area (Å²) in [5.41, 5.74) is 2.20. The number of nitrogens with zero attached hydrogens (tertiary/aromatic N) is 2. The van der Waals surface area contributed by atoms with Crippen LogP contribution in [0.1, 0.15) is 25.0 Å². The molecule has 0 fully saturated rings. The van der Waals surface area contributed by atoms with Crippen molar-refractivity contribution in [2.24, 2.45) is 4.99 Å². The van der Waals surface area contributed by atoms with Crippen LogP contribution in [-0.2, 0) is 13.1 Å². The number of guanidine groups is 1. The third-order valence-corrected chi connectivity index (χ3v) is 5.07. The van der Waals surface area contributed by atoms with Gasteiger partial charge in [0, 0.05) is 26.7 Å². The van der Waals surface area contributed by atoms with Crippen LogP contribution < -0.4 is 24.8 Å². The second-order valence-electron chi connectivity index (χ2n) is 6.99. The number of nitrogens with one attached hydrogen (secondary N) is 2. The van der Waals surface area contributed by atoms with Gasteiger partial charge in [-0.3, -0.25) is 4.99 Å². The van der Waals surface area contributed by atoms with Gasteiger partial charge in [0.05, 0.1) is 14.2 Å². The monoisotopic (exact) mass is 556 g/mol. The Hall–Kier alpha value is -2.20. The Bertz CT molecular complexity index is 829. The van der Waals surface area contributed by atoms with Gasteiger partial charge in [-0.1, -0.05) is 32.0 Å². The summed E-state index contributed by atoms with van der Waals surface area (Å²) in [7, 11) is 5.09. The normalized spacial score (nSPS) is 11.0. The van der Waals surface area contributed by atoms with E-state index in [0.717, 1.165) is 54.0 Å². The fraction of sp³-hybridized carbons (Fsp3) is 0.458. The molecule has 0 aromatic heterocycles. The molecule has 2 rings (SSSR count). The molecule has 0 saturated heterocycles. The van der Waals surface area contributed by atoms with E-state index in [1.165, 1.54) is 0 Å². The molecule has 0 amide bonds. The molecule has 0 bridgehead atoms. The Morgan fingerprint density at radius 2 is 1.59 bits per heavy atom. The molecule has 0 radical (unpaired) electrons. The van der Waals surface area contributed by atoms with Gasteiger partial charge in [0.2, 0.25) is 0 Å². The lowest BCUT2D eigenvalue weighted by Gasteiger charge is -2.19. The smallest absolute Gasteiger partial charge is 0.191 e. The maximum absolute atomic E-state index is 5.94. The topological polar surface area (TPSA) is 67.4 Å². The quantitative estimate of drug-likeness (QED) is 0.235. The number of hydrogen-bond acceptors (Lipinski definition) is 5. The van der Waals surface area contributed by atoms with Gasteiger partial charge in [0.15, 0.2) is 17.5 Å². The summed E-state index contributed by atoms with van der Waals surface area (Å²) in [5.74, 6) is 3.06. The molecule has 0 aliphatic carbocycles. The maximum Gasteiger partial charge on any atom is 0.191 e. The average Bonchev–Trinajstić information content (AvgIpc) is 2.82. The Labute approximate surface area is 209 Å². The zero-order valence-corrected chi connectivity index (χ0v) is 22.1. The predicted molar refractivity (Wildman–Crippen MR) is 142 cm³/mol. The van der Waals surface area contributed by atoms with Gasteiger partial charge < -0.3 is 29.7 Å². The predicted octanol–water partition coefficient (Wildman–Crippen LogP) is 3.91. The van der Waals surface area contributed by atoms with Crippen molar-refractivity contribution in [2.75, 3.05) is 47.5 Å². The minimum Gasteiger partial charge on any atom is -0.497 e. The van der Waals surface area contributed by atoms with E-state index in [1.54, 1.807) is 21.3 Å². The van der Waals surface area contributed by atoms with Gasteiger partial charge in [0.25, 0.3) is 0 Å². The van der Waals surface area contributed by atoms with Crippen molar-refractivity contribution in [3.63, 3.8) is 0 Å². The van der Waals surface area contributed by atoms with Crippen molar-refractivity contribution in [3.05, 3.63) is 53.6 Å². The van der Waals surface area contributed by atoms with Crippen LogP contribution in [0, 0.1) is 0 Å². The first-order valence-electron chi connectivity index (χ1n) is 10.7. The third kappa shape index (κ3) is 9.12. The van der Waals surface area contributed by atoms with Crippen LogP contribution in [0.3, 0.4) is 0 Å². The second kappa shape index (κ2) is 15.6. The van der Waals surface area contributed by atoms with Gasteiger partial charge in [-0.25, -0.2) is 0 Å². The van der Waals surface area contributed by atoms with Crippen LogP contribution in [0.25, 0.3) is 0 Å². The van der Waals surface area contributed by atoms with Crippen molar-refractivity contribution in [2.45, 2.75) is 26.9 Å². The lowest BCUT2D eigenvalue weighted by molar-refractivity contribution is 0.217. The van der Waals surface area contributed by atoms with Gasteiger partial charge >= 0.3 is 0 Å². The summed E-state index contributed by atoms with van der Waals surface area (Å²) in [5, 5.41) is 6.65. The van der Waals surface area contributed by atoms with Gasteiger partial charge in [-0.2, -0.15) is 0 Å². The molecule has 8 heteroatoms. The summed E-state index contributed by atoms with van der Waals surface area (Å²) in [6.07, 6.45) is 0. The van der Waals surface area contributed by atoms with Crippen molar-refractivity contribution >= 4 is 29.9 Å². The van der Waals surface area contributed by atoms with E-state index in [0.29, 0.717) is 19.7 Å². The van der Waals surface area contributed by atoms with Crippen molar-refractivity contribution in [1.82, 2.24) is 15.5 Å². The molecule has 0 atom stereocenters. The zero-order valence-electron chi connectivity index (χ0n) is 19.8. The number of benzene rings is 2. The van der Waals surface area contributed by atoms with E-state index in [1.807, 2.05) is 42.5 Å². The number of hydrogen-bond donors (Lipinski definition) is 2. The summed E-state index contributed by atoms with van der Waals surface area (Å²) in [6, 6.07) is 14.0. The Balaban J connectivity index is 0.00000512. The molecule has 0 spiro atoms. The van der Waals surface area contributed by atoms with E-state index >= 15 is 0 Å². The summed E-state index contributed by atoms with van der Waals surface area (Å²) >= 11 is 0. The molecule has 0 heterocycles. The lowest BCUT2D eigenvalue weighted by Crippen LogP contribution is -2.36. The number of aliphatic imine (C=N–C) groups is 1. The molecule has 7 nitrogen and oxygen atoms in total. The van der Waals surface area contributed by atoms with E-state index in [9.17, 15) is 0 Å². The van der Waals surface area contributed by atoms with Crippen LogP contribution in [0.5, 0.6) is 17.2 Å². The van der Waals surface area contributed by atoms with Crippen molar-refractivity contribution in [1.29, 1.82) is 0 Å². The number of likely N-dealkylation sites (N-methyl/N-ethyl adjacent to an activating group) is 1. The van der Waals surface area contributed by atoms with Crippen LogP contribution in [0.15, 0.2) is 47.5 Å². The fourth-order valence-electron chi connectivity index (χ4n) is 3.14. The minimum absolute atomic E-state index is 0. The molecule has 2 aromatic rings. The molecule has 0 aliphatic heterocycles. The maximum atomic E-state index is 5.94. The van der Waals surface area contributed by atoms with Gasteiger partial charge in [-0.05, 0) is 48.5 Å². The first kappa shape index (κ1) is 27.8. The molecule has 0 saturated carbocycles. The van der Waals surface area contributed by atoms with Gasteiger partial charge in [-0.15, -0.1) is 24.0 Å². The highest BCUT2D eigenvalue weighted by Crippen LogP contribution is 2.28. The summed E-state index contributed by atoms with van der Waals surface area (Å²) in [4.78, 5) is 6.62. The van der Waals surface area contributed by atoms with Crippen LogP contribution in [-0.4, -0.2) is 58.4 Å². The Morgan fingerprint density at radius 3 is 2.19 bits per heavy atom. The minimum atomic E-state index is 0. The summed E-state index contributed by atoms with van der Waals surface area (Å²) < 4.78 is 16.7. The first-order valence-corrected chi connectivity index (χ1v) is 10.7. The Morgan fingerprint density at radius 1 is 0.906 bits per heavy atom. The Kier molecular flexibility index (Phi) is 13.5. The molecule has 2 aromatic carbocycles. The fourth-order valence-corrected chi connectivity index (χ4v) is 3.14. The lowest BCUT2D eigenvalue weighted by atomic mass is 10.2. The highest BCUT2D eigenvalue weighted by molar-refractivity contribution is 14.0. The second-order valence-corrected chi connectivity index (χ2v) is 6.99. The SMILES string of the molecule is CCN(CC)CCOc1ccc(CNC(=NC)NCc2cccc(OC)c2)cc1OC.I. The van der Waals surface area contributed by atoms with Crippen LogP contribution in [0.2, 0.25) is 0 Å². The van der Waals surface area contributed by atoms with Crippen molar-refractivity contribution < 1.29 is 14.2 Å². The molecule has 32 heavy (non-hydrogen) atoms. The third-order valence-electron chi connectivity index (χ3n) is 5.07. The van der Waals surface area contributed by atoms with E-state index in [4.69, 9.17) is 14.2 Å². The highest BCUT2D eigenvalue weighted by atomic mass is 127. The first-order chi connectivity index (χ1) is 15.1. The van der Waals surface area contributed by atoms with E-state index < -0.39 is 0 Å². The molecule has 2 N–H and O–H groups in total. The van der Waals surface area contributed by atoms with E-state index in [2.05, 4.69) is 34.4 Å². The number of halogens is 1. The number of methoxy groups -OCH3 is 2.